The number of rotatable bonds is 2. The molecule has 2 rings (SSSR count). The molecule has 0 radical (unpaired) electrons. The number of nitrogens with two attached hydrogens (primary N) is 1. The van der Waals surface area contributed by atoms with Crippen LogP contribution in [0.25, 0.3) is 0 Å². The molecule has 1 saturated carbocycles. The first-order valence-electron chi connectivity index (χ1n) is 6.59. The van der Waals surface area contributed by atoms with E-state index in [0.717, 1.165) is 37.8 Å². The molecule has 1 aliphatic rings. The van der Waals surface area contributed by atoms with Crippen molar-refractivity contribution in [3.8, 4) is 5.75 Å². The topological polar surface area (TPSA) is 35.2 Å². The molecular weight excluding hydrogens is 255 g/mol. The highest BCUT2D eigenvalue weighted by atomic mass is 19.4. The maximum absolute atomic E-state index is 12.7. The Morgan fingerprint density at radius 2 is 1.63 bits per heavy atom. The van der Waals surface area contributed by atoms with Crippen molar-refractivity contribution < 1.29 is 17.9 Å². The van der Waals surface area contributed by atoms with Crippen molar-refractivity contribution in [3.63, 3.8) is 0 Å². The summed E-state index contributed by atoms with van der Waals surface area (Å²) in [4.78, 5) is 0. The number of ether oxygens (including phenoxy) is 1. The smallest absolute Gasteiger partial charge is 0.416 e. The van der Waals surface area contributed by atoms with E-state index in [-0.39, 0.29) is 17.5 Å². The quantitative estimate of drug-likeness (QED) is 0.640. The van der Waals surface area contributed by atoms with Gasteiger partial charge in [-0.15, -0.1) is 0 Å². The van der Waals surface area contributed by atoms with Gasteiger partial charge < -0.3 is 10.5 Å². The highest BCUT2D eigenvalue weighted by Gasteiger charge is 2.31. The van der Waals surface area contributed by atoms with Crippen LogP contribution in [0.1, 0.15) is 44.1 Å². The van der Waals surface area contributed by atoms with Crippen LogP contribution in [-0.4, -0.2) is 6.10 Å². The number of halogens is 3. The molecule has 0 spiro atoms. The zero-order valence-corrected chi connectivity index (χ0v) is 10.7. The van der Waals surface area contributed by atoms with Crippen LogP contribution in [0.3, 0.4) is 0 Å². The van der Waals surface area contributed by atoms with Crippen molar-refractivity contribution in [2.24, 2.45) is 0 Å². The summed E-state index contributed by atoms with van der Waals surface area (Å²) in [6.45, 7) is 0. The predicted molar refractivity (Wildman–Crippen MR) is 68.0 cm³/mol. The largest absolute Gasteiger partial charge is 0.490 e. The van der Waals surface area contributed by atoms with E-state index in [1.54, 1.807) is 0 Å². The number of anilines is 1. The Kier molecular flexibility index (Phi) is 4.22. The van der Waals surface area contributed by atoms with E-state index in [4.69, 9.17) is 10.5 Å². The summed E-state index contributed by atoms with van der Waals surface area (Å²) in [6, 6.07) is 3.42. The molecule has 0 bridgehead atoms. The molecule has 0 amide bonds. The third-order valence-electron chi connectivity index (χ3n) is 3.36. The molecule has 0 aromatic heterocycles. The average molecular weight is 273 g/mol. The van der Waals surface area contributed by atoms with Gasteiger partial charge in [0.2, 0.25) is 0 Å². The lowest BCUT2D eigenvalue weighted by Gasteiger charge is -2.18. The van der Waals surface area contributed by atoms with Crippen LogP contribution < -0.4 is 10.5 Å². The zero-order chi connectivity index (χ0) is 13.9. The summed E-state index contributed by atoms with van der Waals surface area (Å²) in [5, 5.41) is 0. The van der Waals surface area contributed by atoms with Crippen LogP contribution in [0.2, 0.25) is 0 Å². The van der Waals surface area contributed by atoms with Crippen molar-refractivity contribution in [2.45, 2.75) is 50.8 Å². The summed E-state index contributed by atoms with van der Waals surface area (Å²) in [7, 11) is 0. The molecule has 5 heteroatoms. The van der Waals surface area contributed by atoms with Gasteiger partial charge in [0.05, 0.1) is 11.7 Å². The van der Waals surface area contributed by atoms with E-state index >= 15 is 0 Å². The molecule has 106 valence electrons. The van der Waals surface area contributed by atoms with Gasteiger partial charge in [-0.3, -0.25) is 0 Å². The lowest BCUT2D eigenvalue weighted by molar-refractivity contribution is -0.137. The molecule has 1 fully saturated rings. The van der Waals surface area contributed by atoms with Crippen LogP contribution in [0, 0.1) is 0 Å². The fourth-order valence-electron chi connectivity index (χ4n) is 2.41. The second-order valence-electron chi connectivity index (χ2n) is 5.02. The molecule has 2 nitrogen and oxygen atoms in total. The molecule has 0 aliphatic heterocycles. The molecule has 2 N–H and O–H groups in total. The van der Waals surface area contributed by atoms with Gasteiger partial charge >= 0.3 is 6.18 Å². The normalized spacial score (nSPS) is 18.1. The minimum absolute atomic E-state index is 0.00498. The molecule has 0 atom stereocenters. The molecule has 0 saturated heterocycles. The highest BCUT2D eigenvalue weighted by Crippen LogP contribution is 2.34. The monoisotopic (exact) mass is 273 g/mol. The summed E-state index contributed by atoms with van der Waals surface area (Å²) in [5.41, 5.74) is 4.84. The molecule has 1 aromatic carbocycles. The van der Waals surface area contributed by atoms with Gasteiger partial charge in [0.25, 0.3) is 0 Å². The van der Waals surface area contributed by atoms with Crippen molar-refractivity contribution in [2.75, 3.05) is 5.73 Å². The second kappa shape index (κ2) is 5.72. The molecule has 1 aromatic rings. The van der Waals surface area contributed by atoms with Crippen molar-refractivity contribution >= 4 is 5.69 Å². The van der Waals surface area contributed by atoms with Crippen LogP contribution in [0.5, 0.6) is 5.75 Å². The van der Waals surface area contributed by atoms with E-state index < -0.39 is 11.7 Å². The number of hydrogen-bond acceptors (Lipinski definition) is 2. The third-order valence-corrected chi connectivity index (χ3v) is 3.36. The van der Waals surface area contributed by atoms with Gasteiger partial charge in [-0.2, -0.15) is 13.2 Å². The predicted octanol–water partition coefficient (Wildman–Crippen LogP) is 4.39. The van der Waals surface area contributed by atoms with Gasteiger partial charge in [0.1, 0.15) is 5.75 Å². The average Bonchev–Trinajstić information content (AvgIpc) is 2.55. The third kappa shape index (κ3) is 4.04. The Morgan fingerprint density at radius 3 is 2.21 bits per heavy atom. The standard InChI is InChI=1S/C14H18F3NO/c15-14(16,17)10-7-11(18)9-13(8-10)19-12-5-3-1-2-4-6-12/h7-9,12H,1-6,18H2. The number of alkyl halides is 3. The van der Waals surface area contributed by atoms with Gasteiger partial charge in [-0.25, -0.2) is 0 Å². The minimum Gasteiger partial charge on any atom is -0.490 e. The lowest BCUT2D eigenvalue weighted by Crippen LogP contribution is -2.16. The molecule has 0 heterocycles. The number of benzene rings is 1. The van der Waals surface area contributed by atoms with E-state index in [0.29, 0.717) is 0 Å². The van der Waals surface area contributed by atoms with Gasteiger partial charge in [-0.05, 0) is 37.8 Å². The molecular formula is C14H18F3NO. The summed E-state index contributed by atoms with van der Waals surface area (Å²) in [6.07, 6.45) is 1.89. The lowest BCUT2D eigenvalue weighted by atomic mass is 10.1. The first-order chi connectivity index (χ1) is 8.95. The Bertz CT molecular complexity index is 423. The van der Waals surface area contributed by atoms with E-state index in [2.05, 4.69) is 0 Å². The first kappa shape index (κ1) is 14.0. The summed E-state index contributed by atoms with van der Waals surface area (Å²) >= 11 is 0. The summed E-state index contributed by atoms with van der Waals surface area (Å²) < 4.78 is 43.7. The van der Waals surface area contributed by atoms with Crippen molar-refractivity contribution in [3.05, 3.63) is 23.8 Å². The maximum atomic E-state index is 12.7. The maximum Gasteiger partial charge on any atom is 0.416 e. The highest BCUT2D eigenvalue weighted by molar-refractivity contribution is 5.48. The van der Waals surface area contributed by atoms with E-state index in [1.165, 1.54) is 18.9 Å². The van der Waals surface area contributed by atoms with E-state index in [9.17, 15) is 13.2 Å². The van der Waals surface area contributed by atoms with Crippen LogP contribution in [-0.2, 0) is 6.18 Å². The Morgan fingerprint density at radius 1 is 1.00 bits per heavy atom. The van der Waals surface area contributed by atoms with Crippen molar-refractivity contribution in [1.82, 2.24) is 0 Å². The van der Waals surface area contributed by atoms with E-state index in [1.807, 2.05) is 0 Å². The van der Waals surface area contributed by atoms with Gasteiger partial charge in [0, 0.05) is 11.8 Å². The second-order valence-corrected chi connectivity index (χ2v) is 5.02. The van der Waals surface area contributed by atoms with Gasteiger partial charge in [-0.1, -0.05) is 12.8 Å². The molecule has 0 unspecified atom stereocenters. The van der Waals surface area contributed by atoms with Gasteiger partial charge in [0.15, 0.2) is 0 Å². The minimum atomic E-state index is -4.39. The van der Waals surface area contributed by atoms with Crippen LogP contribution >= 0.6 is 0 Å². The SMILES string of the molecule is Nc1cc(OC2CCCCCC2)cc(C(F)(F)F)c1. The van der Waals surface area contributed by atoms with Crippen LogP contribution in [0.4, 0.5) is 18.9 Å². The number of hydrogen-bond donors (Lipinski definition) is 1. The fraction of sp³-hybridized carbons (Fsp3) is 0.571. The van der Waals surface area contributed by atoms with Crippen LogP contribution in [0.15, 0.2) is 18.2 Å². The first-order valence-corrected chi connectivity index (χ1v) is 6.59. The molecule has 19 heavy (non-hydrogen) atoms. The summed E-state index contributed by atoms with van der Waals surface area (Å²) in [5.74, 6) is 0.222. The zero-order valence-electron chi connectivity index (χ0n) is 10.7. The Labute approximate surface area is 110 Å². The Balaban J connectivity index is 2.13. The Hall–Kier alpha value is -1.39. The number of nitrogen functional groups attached to an aromatic ring is 1. The fourth-order valence-corrected chi connectivity index (χ4v) is 2.41. The molecule has 1 aliphatic carbocycles. The van der Waals surface area contributed by atoms with Crippen molar-refractivity contribution in [1.29, 1.82) is 0 Å².